The number of likely N-dealkylation sites (N-methyl/N-ethyl adjacent to an activating group) is 1. The number of carbonyl (C=O) groups is 1. The van der Waals surface area contributed by atoms with E-state index in [4.69, 9.17) is 4.98 Å². The molecule has 1 heterocycles. The molecule has 0 bridgehead atoms. The number of nitrogens with zero attached hydrogens (tertiary/aromatic N) is 3. The van der Waals surface area contributed by atoms with Gasteiger partial charge in [-0.25, -0.2) is 4.98 Å². The zero-order chi connectivity index (χ0) is 18.0. The molecule has 0 fully saturated rings. The molecule has 1 aliphatic carbocycles. The Balaban J connectivity index is 2.04. The quantitative estimate of drug-likeness (QED) is 0.797. The van der Waals surface area contributed by atoms with Gasteiger partial charge in [0.25, 0.3) is 0 Å². The van der Waals surface area contributed by atoms with Crippen molar-refractivity contribution in [3.63, 3.8) is 0 Å². The van der Waals surface area contributed by atoms with Gasteiger partial charge in [0.1, 0.15) is 11.5 Å². The lowest BCUT2D eigenvalue weighted by Gasteiger charge is -2.28. The number of fused-ring (bicyclic) bond motifs is 1. The number of Topliss-reactive ketones (excluding diaryl/α,β-unsaturated/α-hetero) is 1. The van der Waals surface area contributed by atoms with E-state index in [1.54, 1.807) is 0 Å². The molecule has 1 aromatic carbocycles. The topological polar surface area (TPSA) is 38.1 Å². The zero-order valence-corrected chi connectivity index (χ0v) is 15.9. The van der Waals surface area contributed by atoms with Crippen LogP contribution in [0.5, 0.6) is 0 Å². The van der Waals surface area contributed by atoms with Crippen LogP contribution in [0.1, 0.15) is 50.3 Å². The van der Waals surface area contributed by atoms with Gasteiger partial charge in [0.15, 0.2) is 5.78 Å². The third kappa shape index (κ3) is 3.69. The molecule has 0 aliphatic heterocycles. The van der Waals surface area contributed by atoms with Crippen LogP contribution in [0.4, 0.5) is 0 Å². The average Bonchev–Trinajstić information content (AvgIpc) is 2.94. The maximum atomic E-state index is 12.9. The van der Waals surface area contributed by atoms with Crippen molar-refractivity contribution in [2.75, 3.05) is 19.6 Å². The fourth-order valence-electron chi connectivity index (χ4n) is 3.78. The number of rotatable bonds is 6. The Labute approximate surface area is 150 Å². The van der Waals surface area contributed by atoms with Gasteiger partial charge >= 0.3 is 0 Å². The summed E-state index contributed by atoms with van der Waals surface area (Å²) in [5.74, 6) is 1.17. The SMILES string of the molecule is CCN(CC)CCn1c(-c2ccccc2)nc2c1C(=O)CC(C)(C)C2. The van der Waals surface area contributed by atoms with Crippen molar-refractivity contribution >= 4 is 5.78 Å². The monoisotopic (exact) mass is 339 g/mol. The lowest BCUT2D eigenvalue weighted by Crippen LogP contribution is -2.31. The Bertz CT molecular complexity index is 742. The van der Waals surface area contributed by atoms with Gasteiger partial charge in [0.05, 0.1) is 5.69 Å². The van der Waals surface area contributed by atoms with Gasteiger partial charge in [0.2, 0.25) is 0 Å². The highest BCUT2D eigenvalue weighted by Crippen LogP contribution is 2.36. The van der Waals surface area contributed by atoms with Crippen molar-refractivity contribution in [1.82, 2.24) is 14.5 Å². The van der Waals surface area contributed by atoms with Crippen LogP contribution in [-0.4, -0.2) is 39.9 Å². The highest BCUT2D eigenvalue weighted by atomic mass is 16.1. The highest BCUT2D eigenvalue weighted by Gasteiger charge is 2.35. The fraction of sp³-hybridized carbons (Fsp3) is 0.524. The van der Waals surface area contributed by atoms with E-state index < -0.39 is 0 Å². The second-order valence-electron chi connectivity index (χ2n) is 7.72. The predicted octanol–water partition coefficient (Wildman–Crippen LogP) is 4.05. The van der Waals surface area contributed by atoms with Crippen LogP contribution < -0.4 is 0 Å². The van der Waals surface area contributed by atoms with Crippen LogP contribution in [-0.2, 0) is 13.0 Å². The Morgan fingerprint density at radius 3 is 2.44 bits per heavy atom. The number of carbonyl (C=O) groups excluding carboxylic acids is 1. The number of hydrogen-bond acceptors (Lipinski definition) is 3. The average molecular weight is 339 g/mol. The highest BCUT2D eigenvalue weighted by molar-refractivity contribution is 5.98. The van der Waals surface area contributed by atoms with Gasteiger partial charge in [0, 0.05) is 25.1 Å². The molecule has 3 rings (SSSR count). The summed E-state index contributed by atoms with van der Waals surface area (Å²) in [5.41, 5.74) is 2.89. The normalized spacial score (nSPS) is 16.3. The van der Waals surface area contributed by atoms with Gasteiger partial charge in [-0.3, -0.25) is 4.79 Å². The van der Waals surface area contributed by atoms with E-state index in [1.807, 2.05) is 18.2 Å². The first-order chi connectivity index (χ1) is 11.9. The maximum absolute atomic E-state index is 12.9. The van der Waals surface area contributed by atoms with E-state index in [0.29, 0.717) is 6.42 Å². The van der Waals surface area contributed by atoms with Crippen molar-refractivity contribution in [2.24, 2.45) is 5.41 Å². The van der Waals surface area contributed by atoms with E-state index >= 15 is 0 Å². The third-order valence-electron chi connectivity index (χ3n) is 5.16. The van der Waals surface area contributed by atoms with Crippen LogP contribution >= 0.6 is 0 Å². The molecule has 0 spiro atoms. The lowest BCUT2D eigenvalue weighted by atomic mass is 9.77. The van der Waals surface area contributed by atoms with E-state index in [-0.39, 0.29) is 11.2 Å². The Morgan fingerprint density at radius 1 is 1.12 bits per heavy atom. The molecule has 0 radical (unpaired) electrons. The first-order valence-electron chi connectivity index (χ1n) is 9.35. The molecular formula is C21H29N3O. The van der Waals surface area contributed by atoms with Crippen LogP contribution in [0.3, 0.4) is 0 Å². The summed E-state index contributed by atoms with van der Waals surface area (Å²) < 4.78 is 2.17. The molecule has 1 aromatic heterocycles. The van der Waals surface area contributed by atoms with E-state index in [2.05, 4.69) is 49.3 Å². The third-order valence-corrected chi connectivity index (χ3v) is 5.16. The van der Waals surface area contributed by atoms with Crippen molar-refractivity contribution in [1.29, 1.82) is 0 Å². The van der Waals surface area contributed by atoms with E-state index in [1.165, 1.54) is 0 Å². The van der Waals surface area contributed by atoms with Gasteiger partial charge in [-0.1, -0.05) is 58.0 Å². The summed E-state index contributed by atoms with van der Waals surface area (Å²) in [6.45, 7) is 12.5. The molecular weight excluding hydrogens is 310 g/mol. The summed E-state index contributed by atoms with van der Waals surface area (Å²) in [4.78, 5) is 20.2. The first kappa shape index (κ1) is 17.9. The van der Waals surface area contributed by atoms with Crippen LogP contribution in [0.25, 0.3) is 11.4 Å². The molecule has 4 nitrogen and oxygen atoms in total. The summed E-state index contributed by atoms with van der Waals surface area (Å²) in [6.07, 6.45) is 1.47. The Hall–Kier alpha value is -1.94. The zero-order valence-electron chi connectivity index (χ0n) is 15.9. The Kier molecular flexibility index (Phi) is 5.09. The van der Waals surface area contributed by atoms with Crippen molar-refractivity contribution in [3.05, 3.63) is 41.7 Å². The maximum Gasteiger partial charge on any atom is 0.181 e. The van der Waals surface area contributed by atoms with Gasteiger partial charge in [-0.2, -0.15) is 0 Å². The standard InChI is InChI=1S/C21H29N3O/c1-5-23(6-2)12-13-24-19-17(14-21(3,4)15-18(19)25)22-20(24)16-10-8-7-9-11-16/h7-11H,5-6,12-15H2,1-4H3. The molecule has 0 unspecified atom stereocenters. The summed E-state index contributed by atoms with van der Waals surface area (Å²) in [7, 11) is 0. The molecule has 0 atom stereocenters. The van der Waals surface area contributed by atoms with Gasteiger partial charge in [-0.05, 0) is 24.9 Å². The minimum atomic E-state index is -0.00387. The molecule has 0 amide bonds. The first-order valence-corrected chi connectivity index (χ1v) is 9.35. The fourth-order valence-corrected chi connectivity index (χ4v) is 3.78. The molecule has 134 valence electrons. The Morgan fingerprint density at radius 2 is 1.80 bits per heavy atom. The van der Waals surface area contributed by atoms with Gasteiger partial charge in [-0.15, -0.1) is 0 Å². The second-order valence-corrected chi connectivity index (χ2v) is 7.72. The van der Waals surface area contributed by atoms with E-state index in [9.17, 15) is 4.79 Å². The minimum absolute atomic E-state index is 0.00387. The molecule has 2 aromatic rings. The summed E-state index contributed by atoms with van der Waals surface area (Å²) >= 11 is 0. The molecule has 0 saturated heterocycles. The molecule has 1 aliphatic rings. The number of imidazole rings is 1. The van der Waals surface area contributed by atoms with Crippen LogP contribution in [0.15, 0.2) is 30.3 Å². The predicted molar refractivity (Wildman–Crippen MR) is 102 cm³/mol. The molecule has 0 N–H and O–H groups in total. The largest absolute Gasteiger partial charge is 0.320 e. The second kappa shape index (κ2) is 7.12. The molecule has 0 saturated carbocycles. The number of aromatic nitrogens is 2. The van der Waals surface area contributed by atoms with Crippen molar-refractivity contribution in [3.8, 4) is 11.4 Å². The van der Waals surface area contributed by atoms with Crippen LogP contribution in [0, 0.1) is 5.41 Å². The van der Waals surface area contributed by atoms with E-state index in [0.717, 1.165) is 55.4 Å². The number of hydrogen-bond donors (Lipinski definition) is 0. The van der Waals surface area contributed by atoms with Crippen molar-refractivity contribution in [2.45, 2.75) is 47.1 Å². The molecule has 4 heteroatoms. The number of ketones is 1. The van der Waals surface area contributed by atoms with Crippen molar-refractivity contribution < 1.29 is 4.79 Å². The summed E-state index contributed by atoms with van der Waals surface area (Å²) in [6, 6.07) is 10.2. The summed E-state index contributed by atoms with van der Waals surface area (Å²) in [5, 5.41) is 0. The van der Waals surface area contributed by atoms with Crippen LogP contribution in [0.2, 0.25) is 0 Å². The number of benzene rings is 1. The van der Waals surface area contributed by atoms with Gasteiger partial charge < -0.3 is 9.47 Å². The lowest BCUT2D eigenvalue weighted by molar-refractivity contribution is 0.0900. The minimum Gasteiger partial charge on any atom is -0.320 e. The smallest absolute Gasteiger partial charge is 0.181 e. The molecule has 25 heavy (non-hydrogen) atoms.